The van der Waals surface area contributed by atoms with Crippen LogP contribution in [0.15, 0.2) is 76.3 Å². The molecule has 1 atom stereocenters. The number of anilines is 2. The fraction of sp³-hybridized carbons (Fsp3) is 0.308. The summed E-state index contributed by atoms with van der Waals surface area (Å²) in [5, 5.41) is 9.79. The van der Waals surface area contributed by atoms with Crippen LogP contribution in [-0.4, -0.2) is 37.5 Å². The molecule has 4 rings (SSSR count). The number of rotatable bonds is 7. The van der Waals surface area contributed by atoms with E-state index < -0.39 is 0 Å². The van der Waals surface area contributed by atoms with Gasteiger partial charge in [-0.15, -0.1) is 24.0 Å². The van der Waals surface area contributed by atoms with Gasteiger partial charge in [0.1, 0.15) is 0 Å². The van der Waals surface area contributed by atoms with Crippen molar-refractivity contribution in [3.05, 3.63) is 83.8 Å². The number of aliphatic imine (C=N–C) groups is 1. The van der Waals surface area contributed by atoms with E-state index in [1.165, 1.54) is 17.5 Å². The number of hydrogen-bond donors (Lipinski definition) is 3. The Balaban J connectivity index is 0.00000324. The molecule has 2 aromatic carbocycles. The van der Waals surface area contributed by atoms with Crippen LogP contribution in [0.1, 0.15) is 35.0 Å². The van der Waals surface area contributed by atoms with Gasteiger partial charge in [0.05, 0.1) is 12.8 Å². The smallest absolute Gasteiger partial charge is 0.291 e. The third-order valence-corrected chi connectivity index (χ3v) is 5.62. The Morgan fingerprint density at radius 2 is 1.97 bits per heavy atom. The second kappa shape index (κ2) is 12.5. The van der Waals surface area contributed by atoms with E-state index in [-0.39, 0.29) is 35.6 Å². The molecule has 180 valence electrons. The summed E-state index contributed by atoms with van der Waals surface area (Å²) in [4.78, 5) is 19.4. The number of carbonyl (C=O) groups is 1. The lowest BCUT2D eigenvalue weighted by molar-refractivity contribution is 0.0996. The predicted octanol–water partition coefficient (Wildman–Crippen LogP) is 4.79. The molecule has 2 heterocycles. The second-order valence-electron chi connectivity index (χ2n) is 8.24. The van der Waals surface area contributed by atoms with Crippen LogP contribution < -0.4 is 20.9 Å². The van der Waals surface area contributed by atoms with Crippen LogP contribution in [0, 0.1) is 6.92 Å². The first kappa shape index (κ1) is 25.6. The molecule has 3 aromatic rings. The molecule has 1 saturated heterocycles. The molecule has 1 amide bonds. The topological polar surface area (TPSA) is 81.9 Å². The summed E-state index contributed by atoms with van der Waals surface area (Å²) in [6.45, 7) is 7.45. The highest BCUT2D eigenvalue weighted by atomic mass is 127. The predicted molar refractivity (Wildman–Crippen MR) is 148 cm³/mol. The van der Waals surface area contributed by atoms with Crippen LogP contribution in [0.5, 0.6) is 0 Å². The zero-order valence-electron chi connectivity index (χ0n) is 19.6. The first-order chi connectivity index (χ1) is 16.1. The van der Waals surface area contributed by atoms with Gasteiger partial charge in [0.15, 0.2) is 11.7 Å². The summed E-state index contributed by atoms with van der Waals surface area (Å²) in [5.74, 6) is 0.821. The standard InChI is InChI=1S/C26H31N5O2.HI/c1-3-27-26(30-22-13-14-31(18-22)23-11-9-19(2)10-12-23)28-17-20-6-4-7-21(16-20)29-25(32)24-8-5-15-33-24;/h4-12,15-16,22H,3,13-14,17-18H2,1-2H3,(H,29,32)(H2,27,28,30);1H. The molecule has 3 N–H and O–H groups in total. The minimum atomic E-state index is -0.268. The lowest BCUT2D eigenvalue weighted by atomic mass is 10.2. The quantitative estimate of drug-likeness (QED) is 0.215. The maximum atomic E-state index is 12.2. The Morgan fingerprint density at radius 1 is 1.15 bits per heavy atom. The van der Waals surface area contributed by atoms with Crippen LogP contribution in [0.3, 0.4) is 0 Å². The van der Waals surface area contributed by atoms with Crippen molar-refractivity contribution in [2.45, 2.75) is 32.9 Å². The van der Waals surface area contributed by atoms with Gasteiger partial charge >= 0.3 is 0 Å². The van der Waals surface area contributed by atoms with Crippen LogP contribution >= 0.6 is 24.0 Å². The molecule has 1 aliphatic rings. The van der Waals surface area contributed by atoms with E-state index >= 15 is 0 Å². The van der Waals surface area contributed by atoms with E-state index in [1.807, 2.05) is 24.3 Å². The molecular weight excluding hydrogens is 541 g/mol. The molecule has 0 saturated carbocycles. The van der Waals surface area contributed by atoms with Gasteiger partial charge in [-0.05, 0) is 62.2 Å². The average molecular weight is 573 g/mol. The summed E-state index contributed by atoms with van der Waals surface area (Å²) in [7, 11) is 0. The van der Waals surface area contributed by atoms with Gasteiger partial charge < -0.3 is 25.3 Å². The van der Waals surface area contributed by atoms with Gasteiger partial charge in [0.25, 0.3) is 5.91 Å². The zero-order valence-corrected chi connectivity index (χ0v) is 21.9. The van der Waals surface area contributed by atoms with E-state index in [1.54, 1.807) is 12.1 Å². The van der Waals surface area contributed by atoms with Gasteiger partial charge in [-0.1, -0.05) is 29.8 Å². The molecule has 0 radical (unpaired) electrons. The van der Waals surface area contributed by atoms with Gasteiger partial charge in [-0.25, -0.2) is 4.99 Å². The number of aryl methyl sites for hydroxylation is 1. The van der Waals surface area contributed by atoms with Crippen molar-refractivity contribution in [2.24, 2.45) is 4.99 Å². The van der Waals surface area contributed by atoms with Crippen molar-refractivity contribution >= 4 is 47.2 Å². The molecule has 0 spiro atoms. The summed E-state index contributed by atoms with van der Waals surface area (Å²) in [6.07, 6.45) is 2.55. The van der Waals surface area contributed by atoms with Crippen molar-refractivity contribution in [1.29, 1.82) is 0 Å². The van der Waals surface area contributed by atoms with E-state index in [4.69, 9.17) is 9.41 Å². The maximum absolute atomic E-state index is 12.2. The first-order valence-corrected chi connectivity index (χ1v) is 11.4. The Morgan fingerprint density at radius 3 is 2.71 bits per heavy atom. The summed E-state index contributed by atoms with van der Waals surface area (Å²) >= 11 is 0. The van der Waals surface area contributed by atoms with Crippen molar-refractivity contribution < 1.29 is 9.21 Å². The minimum Gasteiger partial charge on any atom is -0.459 e. The lowest BCUT2D eigenvalue weighted by Crippen LogP contribution is -2.44. The number of nitrogens with one attached hydrogen (secondary N) is 3. The number of halogens is 1. The molecule has 7 nitrogen and oxygen atoms in total. The number of amides is 1. The number of guanidine groups is 1. The summed E-state index contributed by atoms with van der Waals surface area (Å²) < 4.78 is 5.15. The monoisotopic (exact) mass is 573 g/mol. The molecule has 1 aliphatic heterocycles. The van der Waals surface area contributed by atoms with Crippen LogP contribution in [0.4, 0.5) is 11.4 Å². The minimum absolute atomic E-state index is 0. The SMILES string of the molecule is CCNC(=NCc1cccc(NC(=O)c2ccco2)c1)NC1CCN(c2ccc(C)cc2)C1.I. The van der Waals surface area contributed by atoms with Gasteiger partial charge in [-0.3, -0.25) is 4.79 Å². The Kier molecular flexibility index (Phi) is 9.38. The Labute approximate surface area is 218 Å². The van der Waals surface area contributed by atoms with E-state index in [2.05, 4.69) is 59.0 Å². The van der Waals surface area contributed by atoms with Crippen LogP contribution in [0.2, 0.25) is 0 Å². The Hall–Kier alpha value is -3.01. The maximum Gasteiger partial charge on any atom is 0.291 e. The number of nitrogens with zero attached hydrogens (tertiary/aromatic N) is 2. The largest absolute Gasteiger partial charge is 0.459 e. The highest BCUT2D eigenvalue weighted by molar-refractivity contribution is 14.0. The van der Waals surface area contributed by atoms with Crippen LogP contribution in [0.25, 0.3) is 0 Å². The summed E-state index contributed by atoms with van der Waals surface area (Å²) in [5.41, 5.74) is 4.27. The number of carbonyl (C=O) groups excluding carboxylic acids is 1. The number of furan rings is 1. The molecule has 1 aromatic heterocycles. The van der Waals surface area contributed by atoms with Crippen molar-refractivity contribution in [2.75, 3.05) is 29.9 Å². The van der Waals surface area contributed by atoms with Crippen molar-refractivity contribution in [1.82, 2.24) is 10.6 Å². The highest BCUT2D eigenvalue weighted by Crippen LogP contribution is 2.21. The van der Waals surface area contributed by atoms with Crippen molar-refractivity contribution in [3.63, 3.8) is 0 Å². The van der Waals surface area contributed by atoms with E-state index in [0.717, 1.165) is 37.6 Å². The van der Waals surface area contributed by atoms with E-state index in [0.29, 0.717) is 18.3 Å². The lowest BCUT2D eigenvalue weighted by Gasteiger charge is -2.20. The number of benzene rings is 2. The highest BCUT2D eigenvalue weighted by Gasteiger charge is 2.23. The third kappa shape index (κ3) is 6.99. The van der Waals surface area contributed by atoms with E-state index in [9.17, 15) is 4.79 Å². The molecule has 1 unspecified atom stereocenters. The second-order valence-corrected chi connectivity index (χ2v) is 8.24. The summed E-state index contributed by atoms with van der Waals surface area (Å²) in [6, 6.07) is 20.1. The van der Waals surface area contributed by atoms with Crippen molar-refractivity contribution in [3.8, 4) is 0 Å². The molecule has 8 heteroatoms. The van der Waals surface area contributed by atoms with Gasteiger partial charge in [-0.2, -0.15) is 0 Å². The fourth-order valence-electron chi connectivity index (χ4n) is 3.90. The molecule has 0 bridgehead atoms. The first-order valence-electron chi connectivity index (χ1n) is 11.4. The average Bonchev–Trinajstić information content (AvgIpc) is 3.51. The fourth-order valence-corrected chi connectivity index (χ4v) is 3.90. The Bertz CT molecular complexity index is 1080. The number of hydrogen-bond acceptors (Lipinski definition) is 4. The molecule has 1 fully saturated rings. The molecule has 34 heavy (non-hydrogen) atoms. The van der Waals surface area contributed by atoms with Gasteiger partial charge in [0, 0.05) is 37.1 Å². The molecular formula is C26H32IN5O2. The zero-order chi connectivity index (χ0) is 23.0. The molecule has 0 aliphatic carbocycles. The third-order valence-electron chi connectivity index (χ3n) is 5.62. The normalized spacial score (nSPS) is 15.5. The van der Waals surface area contributed by atoms with Crippen LogP contribution in [-0.2, 0) is 6.54 Å². The van der Waals surface area contributed by atoms with Gasteiger partial charge in [0.2, 0.25) is 0 Å².